The van der Waals surface area contributed by atoms with Gasteiger partial charge >= 0.3 is 5.97 Å². The van der Waals surface area contributed by atoms with Crippen LogP contribution in [0.2, 0.25) is 0 Å². The fourth-order valence-corrected chi connectivity index (χ4v) is 4.02. The van der Waals surface area contributed by atoms with Gasteiger partial charge in [0.1, 0.15) is 12.3 Å². The molecule has 1 aliphatic rings. The standard InChI is InChI=1S/C23H37NO3/c1-8-26-23(25)21(16(4)5)24-14-18(7)27-22(24)17(6)13-19-9-11-20(12-10-19)15(2)3/h9-12,15-18,21-22H,8,13-14H2,1-7H3. The molecular weight excluding hydrogens is 338 g/mol. The highest BCUT2D eigenvalue weighted by Crippen LogP contribution is 2.30. The molecule has 1 aromatic rings. The van der Waals surface area contributed by atoms with Crippen LogP contribution in [0.1, 0.15) is 65.5 Å². The first-order chi connectivity index (χ1) is 12.7. The minimum absolute atomic E-state index is 0.0680. The first-order valence-corrected chi connectivity index (χ1v) is 10.4. The van der Waals surface area contributed by atoms with E-state index in [0.717, 1.165) is 13.0 Å². The Bertz CT molecular complexity index is 596. The highest BCUT2D eigenvalue weighted by Gasteiger charge is 2.42. The smallest absolute Gasteiger partial charge is 0.323 e. The largest absolute Gasteiger partial charge is 0.465 e. The van der Waals surface area contributed by atoms with Crippen LogP contribution >= 0.6 is 0 Å². The molecule has 152 valence electrons. The number of nitrogens with zero attached hydrogens (tertiary/aromatic N) is 1. The summed E-state index contributed by atoms with van der Waals surface area (Å²) in [6.45, 7) is 15.9. The number of carbonyl (C=O) groups excluding carboxylic acids is 1. The number of benzene rings is 1. The Balaban J connectivity index is 2.14. The molecule has 1 fully saturated rings. The summed E-state index contributed by atoms with van der Waals surface area (Å²) in [6, 6.07) is 8.63. The lowest BCUT2D eigenvalue weighted by Crippen LogP contribution is -2.50. The first-order valence-electron chi connectivity index (χ1n) is 10.4. The monoisotopic (exact) mass is 375 g/mol. The molecule has 0 spiro atoms. The fraction of sp³-hybridized carbons (Fsp3) is 0.696. The van der Waals surface area contributed by atoms with E-state index < -0.39 is 0 Å². The molecule has 1 aromatic carbocycles. The molecule has 0 amide bonds. The van der Waals surface area contributed by atoms with Gasteiger partial charge in [0.15, 0.2) is 0 Å². The second-order valence-electron chi connectivity index (χ2n) is 8.55. The van der Waals surface area contributed by atoms with E-state index in [1.807, 2.05) is 6.92 Å². The van der Waals surface area contributed by atoms with Crippen molar-refractivity contribution in [3.63, 3.8) is 0 Å². The highest BCUT2D eigenvalue weighted by atomic mass is 16.5. The van der Waals surface area contributed by atoms with Crippen molar-refractivity contribution >= 4 is 5.97 Å². The summed E-state index contributed by atoms with van der Waals surface area (Å²) in [7, 11) is 0. The molecule has 4 heteroatoms. The van der Waals surface area contributed by atoms with Crippen LogP contribution in [0.25, 0.3) is 0 Å². The van der Waals surface area contributed by atoms with Gasteiger partial charge < -0.3 is 9.47 Å². The SMILES string of the molecule is CCOC(=O)C(C(C)C)N1CC(C)OC1C(C)Cc1ccc(C(C)C)cc1. The topological polar surface area (TPSA) is 38.8 Å². The summed E-state index contributed by atoms with van der Waals surface area (Å²) in [4.78, 5) is 14.8. The van der Waals surface area contributed by atoms with E-state index in [4.69, 9.17) is 9.47 Å². The van der Waals surface area contributed by atoms with Crippen LogP contribution in [0.4, 0.5) is 0 Å². The molecule has 1 heterocycles. The Morgan fingerprint density at radius 1 is 1.19 bits per heavy atom. The Morgan fingerprint density at radius 2 is 1.81 bits per heavy atom. The van der Waals surface area contributed by atoms with Crippen LogP contribution in [-0.4, -0.2) is 42.4 Å². The van der Waals surface area contributed by atoms with Gasteiger partial charge in [0.2, 0.25) is 0 Å². The van der Waals surface area contributed by atoms with E-state index in [0.29, 0.717) is 12.5 Å². The molecule has 0 radical (unpaired) electrons. The Kier molecular flexibility index (Phi) is 7.87. The number of hydrogen-bond donors (Lipinski definition) is 0. The number of hydrogen-bond acceptors (Lipinski definition) is 4. The van der Waals surface area contributed by atoms with Gasteiger partial charge in [0.05, 0.1) is 12.7 Å². The normalized spacial score (nSPS) is 23.0. The summed E-state index contributed by atoms with van der Waals surface area (Å²) >= 11 is 0. The van der Waals surface area contributed by atoms with Crippen molar-refractivity contribution in [2.24, 2.45) is 11.8 Å². The lowest BCUT2D eigenvalue weighted by molar-refractivity contribution is -0.155. The van der Waals surface area contributed by atoms with E-state index in [1.54, 1.807) is 0 Å². The molecule has 1 aliphatic heterocycles. The predicted molar refractivity (Wildman–Crippen MR) is 110 cm³/mol. The average Bonchev–Trinajstić information content (AvgIpc) is 2.96. The number of ether oxygens (including phenoxy) is 2. The van der Waals surface area contributed by atoms with Gasteiger partial charge in [0, 0.05) is 6.54 Å². The first kappa shape index (κ1) is 21.9. The summed E-state index contributed by atoms with van der Waals surface area (Å²) < 4.78 is 11.6. The van der Waals surface area contributed by atoms with Crippen molar-refractivity contribution in [1.29, 1.82) is 0 Å². The third-order valence-corrected chi connectivity index (χ3v) is 5.37. The van der Waals surface area contributed by atoms with Gasteiger partial charge in [-0.25, -0.2) is 0 Å². The Morgan fingerprint density at radius 3 is 2.33 bits per heavy atom. The number of carbonyl (C=O) groups is 1. The Labute approximate surface area is 165 Å². The third-order valence-electron chi connectivity index (χ3n) is 5.37. The molecule has 27 heavy (non-hydrogen) atoms. The van der Waals surface area contributed by atoms with Crippen molar-refractivity contribution in [3.05, 3.63) is 35.4 Å². The lowest BCUT2D eigenvalue weighted by Gasteiger charge is -2.35. The van der Waals surface area contributed by atoms with E-state index in [9.17, 15) is 4.79 Å². The van der Waals surface area contributed by atoms with Crippen molar-refractivity contribution in [1.82, 2.24) is 4.90 Å². The van der Waals surface area contributed by atoms with Gasteiger partial charge in [-0.05, 0) is 49.1 Å². The van der Waals surface area contributed by atoms with Crippen LogP contribution in [0.3, 0.4) is 0 Å². The van der Waals surface area contributed by atoms with Crippen LogP contribution in [-0.2, 0) is 20.7 Å². The van der Waals surface area contributed by atoms with E-state index in [2.05, 4.69) is 70.7 Å². The minimum Gasteiger partial charge on any atom is -0.465 e. The van der Waals surface area contributed by atoms with Crippen molar-refractivity contribution in [2.45, 2.75) is 79.2 Å². The zero-order valence-corrected chi connectivity index (χ0v) is 18.1. The van der Waals surface area contributed by atoms with Gasteiger partial charge in [-0.3, -0.25) is 9.69 Å². The predicted octanol–water partition coefficient (Wildman–Crippen LogP) is 4.62. The van der Waals surface area contributed by atoms with Crippen molar-refractivity contribution in [2.75, 3.05) is 13.2 Å². The lowest BCUT2D eigenvalue weighted by atomic mass is 9.94. The molecule has 0 N–H and O–H groups in total. The van der Waals surface area contributed by atoms with Gasteiger partial charge in [-0.1, -0.05) is 58.9 Å². The summed E-state index contributed by atoms with van der Waals surface area (Å²) in [5.74, 6) is 0.875. The third kappa shape index (κ3) is 5.55. The average molecular weight is 376 g/mol. The molecule has 4 unspecified atom stereocenters. The highest BCUT2D eigenvalue weighted by molar-refractivity contribution is 5.76. The minimum atomic E-state index is -0.259. The van der Waals surface area contributed by atoms with Crippen LogP contribution in [0, 0.1) is 11.8 Å². The van der Waals surface area contributed by atoms with Gasteiger partial charge in [-0.2, -0.15) is 0 Å². The molecule has 1 saturated heterocycles. The maximum atomic E-state index is 12.6. The number of esters is 1. The van der Waals surface area contributed by atoms with Crippen molar-refractivity contribution < 1.29 is 14.3 Å². The Hall–Kier alpha value is -1.39. The number of rotatable bonds is 8. The maximum Gasteiger partial charge on any atom is 0.323 e. The van der Waals surface area contributed by atoms with E-state index >= 15 is 0 Å². The molecule has 2 rings (SSSR count). The van der Waals surface area contributed by atoms with Crippen molar-refractivity contribution in [3.8, 4) is 0 Å². The molecule has 0 aliphatic carbocycles. The quantitative estimate of drug-likeness (QED) is 0.621. The molecule has 0 bridgehead atoms. The van der Waals surface area contributed by atoms with Gasteiger partial charge in [0.25, 0.3) is 0 Å². The second kappa shape index (κ2) is 9.70. The molecule has 4 nitrogen and oxygen atoms in total. The van der Waals surface area contributed by atoms with Crippen LogP contribution in [0.15, 0.2) is 24.3 Å². The van der Waals surface area contributed by atoms with E-state index in [-0.39, 0.29) is 36.2 Å². The molecule has 4 atom stereocenters. The maximum absolute atomic E-state index is 12.6. The summed E-state index contributed by atoms with van der Waals surface area (Å²) in [5, 5.41) is 0. The fourth-order valence-electron chi connectivity index (χ4n) is 4.02. The zero-order chi connectivity index (χ0) is 20.1. The van der Waals surface area contributed by atoms with Gasteiger partial charge in [-0.15, -0.1) is 0 Å². The molecule has 0 saturated carbocycles. The zero-order valence-electron chi connectivity index (χ0n) is 18.1. The van der Waals surface area contributed by atoms with E-state index in [1.165, 1.54) is 11.1 Å². The van der Waals surface area contributed by atoms with Crippen LogP contribution < -0.4 is 0 Å². The van der Waals surface area contributed by atoms with Crippen LogP contribution in [0.5, 0.6) is 0 Å². The summed E-state index contributed by atoms with van der Waals surface area (Å²) in [6.07, 6.45) is 0.984. The summed E-state index contributed by atoms with van der Waals surface area (Å²) in [5.41, 5.74) is 2.67. The second-order valence-corrected chi connectivity index (χ2v) is 8.55. The molecule has 0 aromatic heterocycles. The molecular formula is C23H37NO3.